The fraction of sp³-hybridized carbons (Fsp3) is 0.581. The van der Waals surface area contributed by atoms with Crippen LogP contribution in [0.5, 0.6) is 0 Å². The van der Waals surface area contributed by atoms with E-state index in [0.717, 1.165) is 82.7 Å². The van der Waals surface area contributed by atoms with Crippen molar-refractivity contribution < 1.29 is 23.8 Å². The Morgan fingerprint density at radius 3 is 2.79 bits per heavy atom. The molecule has 5 aliphatic rings. The molecule has 0 bridgehead atoms. The van der Waals surface area contributed by atoms with Crippen LogP contribution in [0.1, 0.15) is 62.8 Å². The fourth-order valence-corrected chi connectivity index (χ4v) is 6.76. The van der Waals surface area contributed by atoms with E-state index in [1.54, 1.807) is 6.08 Å². The van der Waals surface area contributed by atoms with Gasteiger partial charge in [0.2, 0.25) is 0 Å². The first kappa shape index (κ1) is 25.8. The normalized spacial score (nSPS) is 31.7. The lowest BCUT2D eigenvalue weighted by molar-refractivity contribution is -0.0971. The molecule has 38 heavy (non-hydrogen) atoms. The molecular weight excluding hydrogens is 483 g/mol. The smallest absolute Gasteiger partial charge is 0.197 e. The number of piperidine rings is 1. The zero-order chi connectivity index (χ0) is 25.9. The van der Waals surface area contributed by atoms with Crippen molar-refractivity contribution in [3.05, 3.63) is 71.3 Å². The Labute approximate surface area is 224 Å². The van der Waals surface area contributed by atoms with Gasteiger partial charge in [0.1, 0.15) is 11.6 Å². The number of aliphatic hydroxyl groups excluding tert-OH is 1. The second kappa shape index (κ2) is 11.7. The number of hydrogen-bond donors (Lipinski definition) is 1. The number of ether oxygens (including phenoxy) is 2. The van der Waals surface area contributed by atoms with Crippen LogP contribution in [0.25, 0.3) is 0 Å². The van der Waals surface area contributed by atoms with Crippen molar-refractivity contribution in [2.75, 3.05) is 26.2 Å². The minimum Gasteiger partial charge on any atom is -0.469 e. The van der Waals surface area contributed by atoms with E-state index in [1.165, 1.54) is 17.2 Å². The maximum Gasteiger partial charge on any atom is 0.197 e. The number of halogens is 1. The molecule has 6 nitrogen and oxygen atoms in total. The highest BCUT2D eigenvalue weighted by Crippen LogP contribution is 2.43. The third kappa shape index (κ3) is 5.75. The van der Waals surface area contributed by atoms with Crippen molar-refractivity contribution in [1.29, 1.82) is 0 Å². The van der Waals surface area contributed by atoms with Crippen molar-refractivity contribution >= 4 is 5.71 Å². The summed E-state index contributed by atoms with van der Waals surface area (Å²) in [7, 11) is 0. The Hall–Kier alpha value is -2.48. The first-order chi connectivity index (χ1) is 18.6. The summed E-state index contributed by atoms with van der Waals surface area (Å²) in [6.07, 6.45) is 11.9. The molecule has 7 heteroatoms. The van der Waals surface area contributed by atoms with E-state index in [-0.39, 0.29) is 29.9 Å². The monoisotopic (exact) mass is 522 g/mol. The zero-order valence-corrected chi connectivity index (χ0v) is 22.0. The van der Waals surface area contributed by atoms with Crippen LogP contribution in [0.2, 0.25) is 0 Å². The fourth-order valence-electron chi connectivity index (χ4n) is 6.76. The van der Waals surface area contributed by atoms with Gasteiger partial charge in [0.15, 0.2) is 12.4 Å². The van der Waals surface area contributed by atoms with Gasteiger partial charge in [-0.1, -0.05) is 41.6 Å². The molecule has 0 amide bonds. The van der Waals surface area contributed by atoms with Crippen molar-refractivity contribution in [1.82, 2.24) is 4.90 Å². The third-order valence-electron chi connectivity index (χ3n) is 8.83. The Balaban J connectivity index is 0.899. The van der Waals surface area contributed by atoms with Gasteiger partial charge in [-0.05, 0) is 81.4 Å². The lowest BCUT2D eigenvalue weighted by atomic mass is 9.79. The summed E-state index contributed by atoms with van der Waals surface area (Å²) in [5.74, 6) is 1.49. The van der Waals surface area contributed by atoms with Crippen LogP contribution in [0.15, 0.2) is 70.9 Å². The van der Waals surface area contributed by atoms with Crippen LogP contribution >= 0.6 is 0 Å². The number of oxime groups is 1. The molecule has 0 saturated carbocycles. The first-order valence-electron chi connectivity index (χ1n) is 14.4. The number of rotatable bonds is 8. The van der Waals surface area contributed by atoms with Crippen molar-refractivity contribution in [2.24, 2.45) is 17.0 Å². The molecule has 1 aromatic rings. The van der Waals surface area contributed by atoms with Gasteiger partial charge in [0.05, 0.1) is 17.7 Å². The van der Waals surface area contributed by atoms with E-state index in [4.69, 9.17) is 14.3 Å². The minimum absolute atomic E-state index is 0.0985. The van der Waals surface area contributed by atoms with Crippen LogP contribution < -0.4 is 0 Å². The standard InChI is InChI=1S/C31H39FN2O4/c32-23-8-10-26-29(18-23)38-33-31(26)22-12-15-34(16-13-22)14-4-5-17-36-24-9-11-25-27(21-6-2-1-3-7-21)20-30(35)37-28(25)19-24/h1-3,6-8,10,18,22,24,26-27,29-30,35H,4-5,9,11-17,19-20H2/t24-,26?,27+,29+,30-/m1/s1. The lowest BCUT2D eigenvalue weighted by Crippen LogP contribution is -2.39. The predicted molar refractivity (Wildman–Crippen MR) is 144 cm³/mol. The van der Waals surface area contributed by atoms with Gasteiger partial charge in [-0.15, -0.1) is 0 Å². The number of aliphatic hydroxyl groups is 1. The minimum atomic E-state index is -0.740. The number of nitrogens with zero attached hydrogens (tertiary/aromatic N) is 2. The van der Waals surface area contributed by atoms with Crippen molar-refractivity contribution in [3.63, 3.8) is 0 Å². The Morgan fingerprint density at radius 2 is 1.95 bits per heavy atom. The summed E-state index contributed by atoms with van der Waals surface area (Å²) in [4.78, 5) is 8.03. The van der Waals surface area contributed by atoms with Crippen molar-refractivity contribution in [2.45, 2.75) is 75.8 Å². The third-order valence-corrected chi connectivity index (χ3v) is 8.83. The summed E-state index contributed by atoms with van der Waals surface area (Å²) < 4.78 is 25.6. The number of likely N-dealkylation sites (tertiary alicyclic amines) is 1. The molecular formula is C31H39FN2O4. The van der Waals surface area contributed by atoms with E-state index in [2.05, 4.69) is 34.3 Å². The number of hydrogen-bond acceptors (Lipinski definition) is 6. The highest BCUT2D eigenvalue weighted by atomic mass is 19.1. The van der Waals surface area contributed by atoms with Gasteiger partial charge in [-0.25, -0.2) is 4.39 Å². The topological polar surface area (TPSA) is 63.5 Å². The SMILES string of the molecule is O[C@H]1C[C@@H](c2ccccc2)C2=C(C[C@H](OCCCCN3CCC(C4=NO[C@H]5C=C(F)C=CC45)CC3)CC2)O1. The number of benzene rings is 1. The number of allylic oxidation sites excluding steroid dienone is 3. The van der Waals surface area contributed by atoms with Gasteiger partial charge in [-0.3, -0.25) is 0 Å². The summed E-state index contributed by atoms with van der Waals surface area (Å²) in [5, 5.41) is 14.7. The van der Waals surface area contributed by atoms with Crippen LogP contribution in [0.4, 0.5) is 4.39 Å². The second-order valence-corrected chi connectivity index (χ2v) is 11.3. The van der Waals surface area contributed by atoms with E-state index in [1.807, 2.05) is 12.1 Å². The van der Waals surface area contributed by atoms with E-state index in [0.29, 0.717) is 12.3 Å². The highest BCUT2D eigenvalue weighted by molar-refractivity contribution is 5.92. The average Bonchev–Trinajstić information content (AvgIpc) is 3.36. The van der Waals surface area contributed by atoms with Gasteiger partial charge in [0, 0.05) is 31.3 Å². The summed E-state index contributed by atoms with van der Waals surface area (Å²) in [6.45, 7) is 3.99. The summed E-state index contributed by atoms with van der Waals surface area (Å²) in [6, 6.07) is 10.5. The van der Waals surface area contributed by atoms with Gasteiger partial charge >= 0.3 is 0 Å². The van der Waals surface area contributed by atoms with Crippen LogP contribution in [-0.2, 0) is 14.3 Å². The molecule has 1 aromatic carbocycles. The van der Waals surface area contributed by atoms with E-state index >= 15 is 0 Å². The molecule has 1 N–H and O–H groups in total. The largest absolute Gasteiger partial charge is 0.469 e. The molecule has 0 aromatic heterocycles. The molecule has 6 rings (SSSR count). The quantitative estimate of drug-likeness (QED) is 0.449. The van der Waals surface area contributed by atoms with Crippen LogP contribution in [0.3, 0.4) is 0 Å². The molecule has 1 unspecified atom stereocenters. The van der Waals surface area contributed by atoms with Crippen molar-refractivity contribution in [3.8, 4) is 0 Å². The molecule has 2 aliphatic carbocycles. The maximum atomic E-state index is 13.5. The molecule has 1 fully saturated rings. The van der Waals surface area contributed by atoms with Crippen LogP contribution in [-0.4, -0.2) is 60.5 Å². The Kier molecular flexibility index (Phi) is 7.95. The van der Waals surface area contributed by atoms with E-state index in [9.17, 15) is 9.50 Å². The molecule has 3 aliphatic heterocycles. The predicted octanol–water partition coefficient (Wildman–Crippen LogP) is 5.62. The summed E-state index contributed by atoms with van der Waals surface area (Å²) in [5.41, 5.74) is 3.70. The average molecular weight is 523 g/mol. The van der Waals surface area contributed by atoms with Gasteiger partial charge < -0.3 is 24.3 Å². The molecule has 5 atom stereocenters. The first-order valence-corrected chi connectivity index (χ1v) is 14.4. The second-order valence-electron chi connectivity index (χ2n) is 11.3. The molecule has 204 valence electrons. The molecule has 0 radical (unpaired) electrons. The molecule has 1 saturated heterocycles. The summed E-state index contributed by atoms with van der Waals surface area (Å²) >= 11 is 0. The van der Waals surface area contributed by atoms with Gasteiger partial charge in [0.25, 0.3) is 0 Å². The number of unbranched alkanes of at least 4 members (excludes halogenated alkanes) is 1. The number of fused-ring (bicyclic) bond motifs is 1. The van der Waals surface area contributed by atoms with E-state index < -0.39 is 6.29 Å². The Morgan fingerprint density at radius 1 is 1.11 bits per heavy atom. The molecule has 3 heterocycles. The maximum absolute atomic E-state index is 13.5. The highest BCUT2D eigenvalue weighted by Gasteiger charge is 2.38. The molecule has 0 spiro atoms. The van der Waals surface area contributed by atoms with Crippen LogP contribution in [0, 0.1) is 11.8 Å². The van der Waals surface area contributed by atoms with Gasteiger partial charge in [-0.2, -0.15) is 0 Å². The Bertz CT molecular complexity index is 1090. The lowest BCUT2D eigenvalue weighted by Gasteiger charge is -2.37. The zero-order valence-electron chi connectivity index (χ0n) is 22.0.